The van der Waals surface area contributed by atoms with Crippen LogP contribution < -0.4 is 5.32 Å². The van der Waals surface area contributed by atoms with Crippen molar-refractivity contribution in [3.63, 3.8) is 0 Å². The Morgan fingerprint density at radius 1 is 1.02 bits per heavy atom. The van der Waals surface area contributed by atoms with Crippen LogP contribution in [0.3, 0.4) is 0 Å². The Bertz CT molecular complexity index is 1650. The number of amides is 2. The van der Waals surface area contributed by atoms with Crippen LogP contribution >= 0.6 is 11.3 Å². The van der Waals surface area contributed by atoms with Crippen molar-refractivity contribution in [2.45, 2.75) is 6.42 Å². The Hall–Kier alpha value is -3.86. The van der Waals surface area contributed by atoms with Gasteiger partial charge in [0.05, 0.1) is 24.6 Å². The molecular formula is C30H29F2N5O2S. The zero-order chi connectivity index (χ0) is 27.5. The van der Waals surface area contributed by atoms with E-state index in [1.165, 1.54) is 11.5 Å². The summed E-state index contributed by atoms with van der Waals surface area (Å²) in [6.45, 7) is 4.51. The summed E-state index contributed by atoms with van der Waals surface area (Å²) in [4.78, 5) is 22.9. The number of anilines is 1. The first-order chi connectivity index (χ1) is 19.5. The highest BCUT2D eigenvalue weighted by molar-refractivity contribution is 7.15. The molecule has 0 atom stereocenters. The SMILES string of the molecule is O=C(Nc1ccc(F)cc1F)N(CCc1csc2nc(-c3ccc4ccccc4c3)cn12)CCN1CCOCC1. The highest BCUT2D eigenvalue weighted by Crippen LogP contribution is 2.27. The lowest BCUT2D eigenvalue weighted by Crippen LogP contribution is -2.45. The summed E-state index contributed by atoms with van der Waals surface area (Å²) in [5, 5.41) is 7.03. The van der Waals surface area contributed by atoms with Crippen molar-refractivity contribution >= 4 is 38.8 Å². The fourth-order valence-corrected chi connectivity index (χ4v) is 5.84. The van der Waals surface area contributed by atoms with Gasteiger partial charge in [0.1, 0.15) is 11.6 Å². The van der Waals surface area contributed by atoms with Crippen LogP contribution in [0.1, 0.15) is 5.69 Å². The number of thiazole rings is 1. The maximum absolute atomic E-state index is 14.3. The van der Waals surface area contributed by atoms with E-state index in [4.69, 9.17) is 9.72 Å². The third kappa shape index (κ3) is 5.84. The van der Waals surface area contributed by atoms with E-state index >= 15 is 0 Å². The smallest absolute Gasteiger partial charge is 0.321 e. The minimum absolute atomic E-state index is 0.0460. The van der Waals surface area contributed by atoms with E-state index in [1.807, 2.05) is 18.3 Å². The quantitative estimate of drug-likeness (QED) is 0.256. The van der Waals surface area contributed by atoms with E-state index in [2.05, 4.69) is 50.3 Å². The van der Waals surface area contributed by atoms with E-state index in [0.717, 1.165) is 52.5 Å². The number of benzene rings is 3. The topological polar surface area (TPSA) is 62.1 Å². The van der Waals surface area contributed by atoms with Crippen molar-refractivity contribution < 1.29 is 18.3 Å². The van der Waals surface area contributed by atoms with E-state index in [1.54, 1.807) is 16.2 Å². The molecule has 0 aliphatic carbocycles. The van der Waals surface area contributed by atoms with E-state index in [-0.39, 0.29) is 5.69 Å². The number of rotatable bonds is 8. The van der Waals surface area contributed by atoms with Gasteiger partial charge in [0, 0.05) is 68.0 Å². The van der Waals surface area contributed by atoms with Crippen molar-refractivity contribution in [2.75, 3.05) is 51.3 Å². The van der Waals surface area contributed by atoms with E-state index in [9.17, 15) is 13.6 Å². The number of urea groups is 1. The van der Waals surface area contributed by atoms with Crippen molar-refractivity contribution in [1.82, 2.24) is 19.2 Å². The van der Waals surface area contributed by atoms with Gasteiger partial charge in [-0.15, -0.1) is 11.3 Å². The molecule has 1 fully saturated rings. The van der Waals surface area contributed by atoms with Gasteiger partial charge in [0.25, 0.3) is 0 Å². The van der Waals surface area contributed by atoms with Gasteiger partial charge in [0.15, 0.2) is 4.96 Å². The first-order valence-electron chi connectivity index (χ1n) is 13.3. The summed E-state index contributed by atoms with van der Waals surface area (Å²) in [6, 6.07) is 17.3. The van der Waals surface area contributed by atoms with Crippen molar-refractivity contribution in [3.8, 4) is 11.3 Å². The molecule has 0 bridgehead atoms. The zero-order valence-corrected chi connectivity index (χ0v) is 22.7. The summed E-state index contributed by atoms with van der Waals surface area (Å²) in [5.74, 6) is -1.50. The standard InChI is InChI=1S/C30H29F2N5O2S/c31-24-7-8-27(26(32)18-24)33-29(38)36(12-11-35-13-15-39-16-14-35)10-9-25-20-40-30-34-28(19-37(25)30)23-6-5-21-3-1-2-4-22(21)17-23/h1-8,17-20H,9-16H2,(H,33,38). The van der Waals surface area contributed by atoms with Crippen LogP contribution in [0.25, 0.3) is 27.0 Å². The highest BCUT2D eigenvalue weighted by atomic mass is 32.1. The molecule has 1 N–H and O–H groups in total. The third-order valence-corrected chi connectivity index (χ3v) is 8.10. The van der Waals surface area contributed by atoms with Crippen molar-refractivity contribution in [3.05, 3.63) is 89.6 Å². The largest absolute Gasteiger partial charge is 0.379 e. The number of ether oxygens (including phenoxy) is 1. The van der Waals surface area contributed by atoms with Crippen LogP contribution in [0, 0.1) is 11.6 Å². The Kier molecular flexibility index (Phi) is 7.72. The lowest BCUT2D eigenvalue weighted by atomic mass is 10.1. The molecule has 5 aromatic rings. The van der Waals surface area contributed by atoms with Crippen LogP contribution in [-0.2, 0) is 11.2 Å². The predicted octanol–water partition coefficient (Wildman–Crippen LogP) is 5.90. The Labute approximate surface area is 234 Å². The first kappa shape index (κ1) is 26.4. The molecule has 1 aliphatic rings. The average Bonchev–Trinajstić information content (AvgIpc) is 3.56. The number of hydrogen-bond donors (Lipinski definition) is 1. The lowest BCUT2D eigenvalue weighted by molar-refractivity contribution is 0.0352. The van der Waals surface area contributed by atoms with Crippen LogP contribution in [0.5, 0.6) is 0 Å². The number of nitrogens with zero attached hydrogens (tertiary/aromatic N) is 4. The molecular weight excluding hydrogens is 532 g/mol. The maximum atomic E-state index is 14.3. The number of carbonyl (C=O) groups is 1. The van der Waals surface area contributed by atoms with Crippen LogP contribution in [0.4, 0.5) is 19.3 Å². The van der Waals surface area contributed by atoms with Gasteiger partial charge in [-0.2, -0.15) is 0 Å². The molecule has 3 heterocycles. The molecule has 0 radical (unpaired) electrons. The van der Waals surface area contributed by atoms with Crippen molar-refractivity contribution in [1.29, 1.82) is 0 Å². The predicted molar refractivity (Wildman–Crippen MR) is 154 cm³/mol. The van der Waals surface area contributed by atoms with Crippen LogP contribution in [-0.4, -0.2) is 71.2 Å². The van der Waals surface area contributed by atoms with Gasteiger partial charge in [-0.25, -0.2) is 18.6 Å². The maximum Gasteiger partial charge on any atom is 0.321 e. The van der Waals surface area contributed by atoms with Crippen molar-refractivity contribution in [2.24, 2.45) is 0 Å². The molecule has 3 aromatic carbocycles. The number of nitrogens with one attached hydrogen (secondary N) is 1. The normalized spacial score (nSPS) is 14.2. The molecule has 0 spiro atoms. The second kappa shape index (κ2) is 11.7. The van der Waals surface area contributed by atoms with Crippen LogP contribution in [0.2, 0.25) is 0 Å². The Morgan fingerprint density at radius 2 is 1.85 bits per heavy atom. The zero-order valence-electron chi connectivity index (χ0n) is 21.9. The number of fused-ring (bicyclic) bond motifs is 2. The number of halogens is 2. The second-order valence-corrected chi connectivity index (χ2v) is 10.6. The molecule has 2 amide bonds. The van der Waals surface area contributed by atoms with Crippen LogP contribution in [0.15, 0.2) is 72.2 Å². The van der Waals surface area contributed by atoms with Gasteiger partial charge in [-0.05, 0) is 29.0 Å². The molecule has 7 nitrogen and oxygen atoms in total. The molecule has 10 heteroatoms. The number of imidazole rings is 1. The second-order valence-electron chi connectivity index (χ2n) is 9.81. The molecule has 2 aromatic heterocycles. The van der Waals surface area contributed by atoms with Gasteiger partial charge >= 0.3 is 6.03 Å². The number of carbonyl (C=O) groups excluding carboxylic acids is 1. The number of hydrogen-bond acceptors (Lipinski definition) is 5. The summed E-state index contributed by atoms with van der Waals surface area (Å²) in [6.07, 6.45) is 2.63. The molecule has 1 aliphatic heterocycles. The monoisotopic (exact) mass is 561 g/mol. The summed E-state index contributed by atoms with van der Waals surface area (Å²) >= 11 is 1.56. The van der Waals surface area contributed by atoms with Gasteiger partial charge in [-0.3, -0.25) is 9.30 Å². The molecule has 1 saturated heterocycles. The summed E-state index contributed by atoms with van der Waals surface area (Å²) in [7, 11) is 0. The minimum atomic E-state index is -0.805. The fourth-order valence-electron chi connectivity index (χ4n) is 4.93. The van der Waals surface area contributed by atoms with Gasteiger partial charge in [0.2, 0.25) is 0 Å². The molecule has 206 valence electrons. The summed E-state index contributed by atoms with van der Waals surface area (Å²) in [5.41, 5.74) is 2.94. The minimum Gasteiger partial charge on any atom is -0.379 e. The lowest BCUT2D eigenvalue weighted by Gasteiger charge is -2.30. The number of aromatic nitrogens is 2. The molecule has 0 unspecified atom stereocenters. The van der Waals surface area contributed by atoms with E-state index in [0.29, 0.717) is 39.3 Å². The van der Waals surface area contributed by atoms with E-state index < -0.39 is 17.7 Å². The van der Waals surface area contributed by atoms with Gasteiger partial charge in [-0.1, -0.05) is 36.4 Å². The Balaban J connectivity index is 1.19. The highest BCUT2D eigenvalue weighted by Gasteiger charge is 2.19. The average molecular weight is 562 g/mol. The molecule has 40 heavy (non-hydrogen) atoms. The molecule has 0 saturated carbocycles. The Morgan fingerprint density at radius 3 is 2.67 bits per heavy atom. The number of morpholine rings is 1. The van der Waals surface area contributed by atoms with Gasteiger partial charge < -0.3 is 15.0 Å². The third-order valence-electron chi connectivity index (χ3n) is 7.22. The first-order valence-corrected chi connectivity index (χ1v) is 14.2. The molecule has 6 rings (SSSR count). The fraction of sp³-hybridized carbons (Fsp3) is 0.267. The summed E-state index contributed by atoms with van der Waals surface area (Å²) < 4.78 is 35.1.